The molecule has 1 atom stereocenters. The Hall–Kier alpha value is -7.33. The standard InChI is InChI=1S/C57H42N2.CH5N/c1-5-20-40(21-6-1)46-29-13-14-30-47(46)43-36-37-49-48(38-43)55-44(39-58-56(41-22-7-2-8-23-41)42-24-9-3-10-25-42)26-19-33-52(55)57(49)50-31-15-17-34-53(50)59(45-27-11-4-12-28-45)54-35-18-16-32-51(54)57;1-2/h1-27,29-39,45,56H,28H2;2H2,1H3. The molecule has 3 nitrogen and oxygen atoms in total. The van der Waals surface area contributed by atoms with E-state index in [-0.39, 0.29) is 12.1 Å². The second kappa shape index (κ2) is 16.4. The maximum Gasteiger partial charge on any atom is 0.0999 e. The van der Waals surface area contributed by atoms with Crippen LogP contribution in [-0.4, -0.2) is 19.3 Å². The van der Waals surface area contributed by atoms with Crippen LogP contribution in [0, 0.1) is 0 Å². The summed E-state index contributed by atoms with van der Waals surface area (Å²) >= 11 is 0. The SMILES string of the molecule is C1=CCC(N2c3ccccc3C3(c4ccc(-c5ccccc5-c5ccccc5)cc4-c4c(C=NC(c5ccccc5)c5ccccc5)cccc43)c3ccccc32)C=C1.CN. The van der Waals surface area contributed by atoms with E-state index in [1.54, 1.807) is 0 Å². The molecule has 294 valence electrons. The molecule has 0 saturated heterocycles. The first kappa shape index (κ1) is 37.9. The van der Waals surface area contributed by atoms with Crippen LogP contribution in [0.4, 0.5) is 11.4 Å². The van der Waals surface area contributed by atoms with Crippen LogP contribution in [0.3, 0.4) is 0 Å². The van der Waals surface area contributed by atoms with Gasteiger partial charge in [0.25, 0.3) is 0 Å². The van der Waals surface area contributed by atoms with Crippen LogP contribution in [0.15, 0.2) is 229 Å². The van der Waals surface area contributed by atoms with Crippen LogP contribution in [0.2, 0.25) is 0 Å². The summed E-state index contributed by atoms with van der Waals surface area (Å²) in [6, 6.07) is 73.3. The lowest BCUT2D eigenvalue weighted by atomic mass is 9.64. The van der Waals surface area contributed by atoms with Crippen molar-refractivity contribution in [1.29, 1.82) is 0 Å². The zero-order valence-electron chi connectivity index (χ0n) is 34.3. The van der Waals surface area contributed by atoms with Crippen molar-refractivity contribution >= 4 is 17.6 Å². The molecule has 3 aliphatic rings. The maximum absolute atomic E-state index is 5.47. The first-order valence-electron chi connectivity index (χ1n) is 21.3. The topological polar surface area (TPSA) is 41.6 Å². The molecule has 0 amide bonds. The molecule has 8 aromatic rings. The van der Waals surface area contributed by atoms with Crippen molar-refractivity contribution in [3.05, 3.63) is 263 Å². The highest BCUT2D eigenvalue weighted by atomic mass is 15.2. The first-order chi connectivity index (χ1) is 30.3. The molecule has 1 unspecified atom stereocenters. The van der Waals surface area contributed by atoms with Gasteiger partial charge in [-0.15, -0.1) is 0 Å². The van der Waals surface area contributed by atoms with Crippen molar-refractivity contribution in [2.45, 2.75) is 23.9 Å². The summed E-state index contributed by atoms with van der Waals surface area (Å²) in [6.45, 7) is 0. The van der Waals surface area contributed by atoms with Crippen LogP contribution in [-0.2, 0) is 5.41 Å². The van der Waals surface area contributed by atoms with Gasteiger partial charge in [-0.25, -0.2) is 0 Å². The third-order valence-electron chi connectivity index (χ3n) is 12.5. The van der Waals surface area contributed by atoms with Crippen LogP contribution < -0.4 is 10.6 Å². The molecule has 3 heteroatoms. The van der Waals surface area contributed by atoms with Gasteiger partial charge in [0.1, 0.15) is 0 Å². The molecule has 8 aromatic carbocycles. The molecule has 1 spiro atoms. The van der Waals surface area contributed by atoms with E-state index >= 15 is 0 Å². The molecular formula is C58H47N3. The lowest BCUT2D eigenvalue weighted by Crippen LogP contribution is -2.41. The number of rotatable bonds is 7. The molecule has 1 aliphatic heterocycles. The van der Waals surface area contributed by atoms with Crippen LogP contribution >= 0.6 is 0 Å². The number of hydrogen-bond donors (Lipinski definition) is 1. The summed E-state index contributed by atoms with van der Waals surface area (Å²) in [5, 5.41) is 0. The molecule has 0 fully saturated rings. The highest BCUT2D eigenvalue weighted by Gasteiger charge is 2.52. The van der Waals surface area contributed by atoms with Gasteiger partial charge in [-0.05, 0) is 98.4 Å². The highest BCUT2D eigenvalue weighted by Crippen LogP contribution is 2.63. The summed E-state index contributed by atoms with van der Waals surface area (Å²) in [5.41, 5.74) is 22.4. The van der Waals surface area contributed by atoms with E-state index in [1.165, 1.54) is 85.2 Å². The molecule has 0 bridgehead atoms. The van der Waals surface area contributed by atoms with Crippen molar-refractivity contribution in [2.24, 2.45) is 10.7 Å². The smallest absolute Gasteiger partial charge is 0.0999 e. The van der Waals surface area contributed by atoms with Crippen molar-refractivity contribution in [1.82, 2.24) is 0 Å². The molecule has 0 aromatic heterocycles. The van der Waals surface area contributed by atoms with Crippen molar-refractivity contribution < 1.29 is 0 Å². The Morgan fingerprint density at radius 2 is 1.08 bits per heavy atom. The van der Waals surface area contributed by atoms with Crippen LogP contribution in [0.5, 0.6) is 0 Å². The second-order valence-electron chi connectivity index (χ2n) is 15.7. The third kappa shape index (κ3) is 6.37. The molecule has 1 heterocycles. The zero-order valence-corrected chi connectivity index (χ0v) is 34.3. The Bertz CT molecular complexity index is 2840. The van der Waals surface area contributed by atoms with Gasteiger partial charge in [-0.2, -0.15) is 0 Å². The Balaban J connectivity index is 0.00000220. The van der Waals surface area contributed by atoms with Crippen LogP contribution in [0.25, 0.3) is 33.4 Å². The summed E-state index contributed by atoms with van der Waals surface area (Å²) in [7, 11) is 1.50. The molecule has 2 N–H and O–H groups in total. The van der Waals surface area contributed by atoms with E-state index in [2.05, 4.69) is 241 Å². The highest BCUT2D eigenvalue weighted by molar-refractivity contribution is 6.02. The minimum absolute atomic E-state index is 0.144. The maximum atomic E-state index is 5.47. The molecule has 0 saturated carbocycles. The van der Waals surface area contributed by atoms with Gasteiger partial charge < -0.3 is 10.6 Å². The van der Waals surface area contributed by atoms with Crippen molar-refractivity contribution in [2.75, 3.05) is 11.9 Å². The van der Waals surface area contributed by atoms with Crippen molar-refractivity contribution in [3.8, 4) is 33.4 Å². The molecule has 0 radical (unpaired) electrons. The Morgan fingerprint density at radius 1 is 0.525 bits per heavy atom. The number of allylic oxidation sites excluding steroid dienone is 2. The van der Waals surface area contributed by atoms with Gasteiger partial charge in [-0.3, -0.25) is 4.99 Å². The van der Waals surface area contributed by atoms with E-state index in [0.717, 1.165) is 12.0 Å². The average molecular weight is 786 g/mol. The van der Waals surface area contributed by atoms with Crippen molar-refractivity contribution in [3.63, 3.8) is 0 Å². The molecular weight excluding hydrogens is 739 g/mol. The summed E-state index contributed by atoms with van der Waals surface area (Å²) in [4.78, 5) is 8.04. The van der Waals surface area contributed by atoms with Gasteiger partial charge >= 0.3 is 0 Å². The Kier molecular flexibility index (Phi) is 10.2. The predicted octanol–water partition coefficient (Wildman–Crippen LogP) is 13.5. The number of nitrogens with zero attached hydrogens (tertiary/aromatic N) is 2. The van der Waals surface area contributed by atoms with E-state index in [9.17, 15) is 0 Å². The molecule has 11 rings (SSSR count). The van der Waals surface area contributed by atoms with Gasteiger partial charge in [0.05, 0.1) is 17.5 Å². The normalized spacial score (nSPS) is 15.2. The lowest BCUT2D eigenvalue weighted by Gasteiger charge is -2.47. The monoisotopic (exact) mass is 785 g/mol. The minimum atomic E-state index is -0.553. The van der Waals surface area contributed by atoms with Gasteiger partial charge in [-0.1, -0.05) is 206 Å². The second-order valence-corrected chi connectivity index (χ2v) is 15.7. The summed E-state index contributed by atoms with van der Waals surface area (Å²) in [5.74, 6) is 0. The first-order valence-corrected chi connectivity index (χ1v) is 21.3. The number of aliphatic imine (C=N–C) groups is 1. The van der Waals surface area contributed by atoms with Gasteiger partial charge in [0.2, 0.25) is 0 Å². The fraction of sp³-hybridized carbons (Fsp3) is 0.0862. The zero-order chi connectivity index (χ0) is 41.2. The molecule has 61 heavy (non-hydrogen) atoms. The number of hydrogen-bond acceptors (Lipinski definition) is 3. The Labute approximate surface area is 359 Å². The number of benzene rings is 8. The average Bonchev–Trinajstić information content (AvgIpc) is 3.64. The lowest BCUT2D eigenvalue weighted by molar-refractivity contribution is 0.700. The summed E-state index contributed by atoms with van der Waals surface area (Å²) < 4.78 is 0. The minimum Gasteiger partial charge on any atom is -0.334 e. The predicted molar refractivity (Wildman–Crippen MR) is 256 cm³/mol. The van der Waals surface area contributed by atoms with E-state index < -0.39 is 5.41 Å². The number of anilines is 2. The fourth-order valence-corrected chi connectivity index (χ4v) is 10.0. The fourth-order valence-electron chi connectivity index (χ4n) is 10.0. The van der Waals surface area contributed by atoms with Crippen LogP contribution in [0.1, 0.15) is 51.4 Å². The van der Waals surface area contributed by atoms with Gasteiger partial charge in [0, 0.05) is 23.2 Å². The number of fused-ring (bicyclic) bond motifs is 9. The van der Waals surface area contributed by atoms with E-state index in [4.69, 9.17) is 4.99 Å². The third-order valence-corrected chi connectivity index (χ3v) is 12.5. The molecule has 2 aliphatic carbocycles. The Morgan fingerprint density at radius 3 is 1.70 bits per heavy atom. The van der Waals surface area contributed by atoms with E-state index in [0.29, 0.717) is 0 Å². The van der Waals surface area contributed by atoms with E-state index in [1.807, 2.05) is 0 Å². The largest absolute Gasteiger partial charge is 0.334 e. The quantitative estimate of drug-likeness (QED) is 0.164. The summed E-state index contributed by atoms with van der Waals surface area (Å²) in [6.07, 6.45) is 12.1. The number of para-hydroxylation sites is 2. The number of nitrogens with two attached hydrogens (primary N) is 1. The van der Waals surface area contributed by atoms with Gasteiger partial charge in [0.15, 0.2) is 0 Å².